The second-order valence-corrected chi connectivity index (χ2v) is 4.46. The Bertz CT molecular complexity index is 536. The smallest absolute Gasteiger partial charge is 0.125 e. The third-order valence-electron chi connectivity index (χ3n) is 3.15. The molecule has 1 unspecified atom stereocenters. The molecule has 0 spiro atoms. The molecule has 2 aromatic rings. The van der Waals surface area contributed by atoms with Gasteiger partial charge in [0.05, 0.1) is 12.3 Å². The monoisotopic (exact) mass is 248 g/mol. The Kier molecular flexibility index (Phi) is 3.79. The van der Waals surface area contributed by atoms with E-state index < -0.39 is 0 Å². The zero-order chi connectivity index (χ0) is 13.1. The molecule has 0 amide bonds. The van der Waals surface area contributed by atoms with Crippen LogP contribution < -0.4 is 11.3 Å². The van der Waals surface area contributed by atoms with Crippen LogP contribution in [0.3, 0.4) is 0 Å². The molecule has 4 heteroatoms. The number of rotatable bonds is 4. The fourth-order valence-electron chi connectivity index (χ4n) is 2.05. The molecule has 0 aliphatic heterocycles. The summed E-state index contributed by atoms with van der Waals surface area (Å²) in [6, 6.07) is 6.51. The first-order valence-electron chi connectivity index (χ1n) is 5.87. The van der Waals surface area contributed by atoms with E-state index in [4.69, 9.17) is 10.3 Å². The predicted molar refractivity (Wildman–Crippen MR) is 68.4 cm³/mol. The van der Waals surface area contributed by atoms with Gasteiger partial charge in [0.2, 0.25) is 0 Å². The fourth-order valence-corrected chi connectivity index (χ4v) is 2.05. The van der Waals surface area contributed by atoms with Crippen molar-refractivity contribution < 1.29 is 8.81 Å². The Morgan fingerprint density at radius 1 is 1.28 bits per heavy atom. The van der Waals surface area contributed by atoms with Gasteiger partial charge < -0.3 is 4.42 Å². The van der Waals surface area contributed by atoms with Gasteiger partial charge in [-0.3, -0.25) is 5.84 Å². The summed E-state index contributed by atoms with van der Waals surface area (Å²) in [5.41, 5.74) is 5.73. The van der Waals surface area contributed by atoms with Gasteiger partial charge in [0, 0.05) is 0 Å². The highest BCUT2D eigenvalue weighted by Gasteiger charge is 2.17. The summed E-state index contributed by atoms with van der Waals surface area (Å²) >= 11 is 0. The van der Waals surface area contributed by atoms with Crippen LogP contribution >= 0.6 is 0 Å². The molecule has 3 nitrogen and oxygen atoms in total. The number of benzene rings is 1. The molecule has 0 radical (unpaired) electrons. The third-order valence-corrected chi connectivity index (χ3v) is 3.15. The Hall–Kier alpha value is -1.65. The summed E-state index contributed by atoms with van der Waals surface area (Å²) in [4.78, 5) is 0. The topological polar surface area (TPSA) is 51.2 Å². The van der Waals surface area contributed by atoms with Crippen molar-refractivity contribution in [2.75, 3.05) is 0 Å². The number of furan rings is 1. The Balaban J connectivity index is 2.26. The highest BCUT2D eigenvalue weighted by atomic mass is 19.1. The average Bonchev–Trinajstić information content (AvgIpc) is 2.77. The molecule has 1 aromatic heterocycles. The zero-order valence-corrected chi connectivity index (χ0v) is 10.5. The predicted octanol–water partition coefficient (Wildman–Crippen LogP) is 2.78. The number of aryl methyl sites for hydroxylation is 2. The van der Waals surface area contributed by atoms with Crippen LogP contribution in [-0.4, -0.2) is 0 Å². The van der Waals surface area contributed by atoms with Crippen molar-refractivity contribution in [1.82, 2.24) is 5.43 Å². The van der Waals surface area contributed by atoms with Crippen LogP contribution in [0.2, 0.25) is 0 Å². The average molecular weight is 248 g/mol. The summed E-state index contributed by atoms with van der Waals surface area (Å²) < 4.78 is 18.7. The van der Waals surface area contributed by atoms with E-state index in [1.807, 2.05) is 19.9 Å². The summed E-state index contributed by atoms with van der Waals surface area (Å²) in [5.74, 6) is 6.12. The van der Waals surface area contributed by atoms with Gasteiger partial charge in [0.1, 0.15) is 11.6 Å². The van der Waals surface area contributed by atoms with Crippen molar-refractivity contribution in [2.45, 2.75) is 26.3 Å². The van der Waals surface area contributed by atoms with Crippen LogP contribution in [0.25, 0.3) is 0 Å². The highest BCUT2D eigenvalue weighted by molar-refractivity contribution is 5.29. The van der Waals surface area contributed by atoms with Crippen LogP contribution in [0.1, 0.15) is 28.5 Å². The number of nitrogens with one attached hydrogen (secondary N) is 1. The SMILES string of the molecule is Cc1ccc(F)cc1CC(NN)c1occc1C. The van der Waals surface area contributed by atoms with Crippen LogP contribution in [0.5, 0.6) is 0 Å². The van der Waals surface area contributed by atoms with E-state index in [-0.39, 0.29) is 11.9 Å². The van der Waals surface area contributed by atoms with Crippen LogP contribution in [0.15, 0.2) is 34.9 Å². The molecule has 0 aliphatic rings. The first-order chi connectivity index (χ1) is 8.61. The largest absolute Gasteiger partial charge is 0.467 e. The van der Waals surface area contributed by atoms with Gasteiger partial charge >= 0.3 is 0 Å². The molecular formula is C14H17FN2O. The summed E-state index contributed by atoms with van der Waals surface area (Å²) in [6.45, 7) is 3.92. The Morgan fingerprint density at radius 3 is 2.67 bits per heavy atom. The fraction of sp³-hybridized carbons (Fsp3) is 0.286. The number of hydrogen-bond donors (Lipinski definition) is 2. The Morgan fingerprint density at radius 2 is 2.06 bits per heavy atom. The minimum absolute atomic E-state index is 0.152. The van der Waals surface area contributed by atoms with Gasteiger partial charge in [-0.15, -0.1) is 0 Å². The van der Waals surface area contributed by atoms with E-state index in [2.05, 4.69) is 5.43 Å². The minimum Gasteiger partial charge on any atom is -0.467 e. The number of hydrogen-bond acceptors (Lipinski definition) is 3. The number of hydrazine groups is 1. The molecule has 1 aromatic carbocycles. The van der Waals surface area contributed by atoms with Gasteiger partial charge in [-0.2, -0.15) is 0 Å². The lowest BCUT2D eigenvalue weighted by molar-refractivity contribution is 0.412. The molecule has 1 heterocycles. The van der Waals surface area contributed by atoms with E-state index in [0.717, 1.165) is 22.5 Å². The maximum absolute atomic E-state index is 13.2. The van der Waals surface area contributed by atoms with Gasteiger partial charge in [-0.25, -0.2) is 9.82 Å². The van der Waals surface area contributed by atoms with E-state index in [1.165, 1.54) is 12.1 Å². The standard InChI is InChI=1S/C14H17FN2O/c1-9-3-4-12(15)7-11(9)8-13(17-16)14-10(2)5-6-18-14/h3-7,13,17H,8,16H2,1-2H3. The summed E-state index contributed by atoms with van der Waals surface area (Å²) in [5, 5.41) is 0. The van der Waals surface area contributed by atoms with Gasteiger partial charge in [0.25, 0.3) is 0 Å². The van der Waals surface area contributed by atoms with Crippen LogP contribution in [0.4, 0.5) is 4.39 Å². The quantitative estimate of drug-likeness (QED) is 0.646. The lowest BCUT2D eigenvalue weighted by atomic mass is 9.98. The van der Waals surface area contributed by atoms with Gasteiger partial charge in [-0.1, -0.05) is 6.07 Å². The molecule has 0 saturated carbocycles. The molecule has 18 heavy (non-hydrogen) atoms. The maximum Gasteiger partial charge on any atom is 0.125 e. The summed E-state index contributed by atoms with van der Waals surface area (Å²) in [6.07, 6.45) is 2.22. The van der Waals surface area contributed by atoms with Crippen molar-refractivity contribution >= 4 is 0 Å². The molecule has 1 atom stereocenters. The molecule has 0 saturated heterocycles. The molecule has 96 valence electrons. The number of halogens is 1. The van der Waals surface area contributed by atoms with E-state index in [0.29, 0.717) is 6.42 Å². The van der Waals surface area contributed by atoms with Crippen LogP contribution in [0, 0.1) is 19.7 Å². The Labute approximate surface area is 106 Å². The zero-order valence-electron chi connectivity index (χ0n) is 10.5. The second-order valence-electron chi connectivity index (χ2n) is 4.46. The maximum atomic E-state index is 13.2. The van der Waals surface area contributed by atoms with E-state index in [1.54, 1.807) is 12.3 Å². The highest BCUT2D eigenvalue weighted by Crippen LogP contribution is 2.23. The summed E-state index contributed by atoms with van der Waals surface area (Å²) in [7, 11) is 0. The molecule has 3 N–H and O–H groups in total. The van der Waals surface area contributed by atoms with Gasteiger partial charge in [0.15, 0.2) is 0 Å². The normalized spacial score (nSPS) is 12.7. The molecule has 2 rings (SSSR count). The first-order valence-corrected chi connectivity index (χ1v) is 5.87. The molecular weight excluding hydrogens is 231 g/mol. The first kappa shape index (κ1) is 12.8. The molecule has 0 bridgehead atoms. The van der Waals surface area contributed by atoms with E-state index >= 15 is 0 Å². The van der Waals surface area contributed by atoms with E-state index in [9.17, 15) is 4.39 Å². The lowest BCUT2D eigenvalue weighted by Crippen LogP contribution is -2.30. The molecule has 0 aliphatic carbocycles. The van der Waals surface area contributed by atoms with Crippen LogP contribution in [-0.2, 0) is 6.42 Å². The van der Waals surface area contributed by atoms with Crippen molar-refractivity contribution in [1.29, 1.82) is 0 Å². The van der Waals surface area contributed by atoms with Crippen molar-refractivity contribution in [2.24, 2.45) is 5.84 Å². The number of nitrogens with two attached hydrogens (primary N) is 1. The second kappa shape index (κ2) is 5.33. The van der Waals surface area contributed by atoms with Crippen molar-refractivity contribution in [3.05, 3.63) is 58.8 Å². The van der Waals surface area contributed by atoms with Crippen molar-refractivity contribution in [3.8, 4) is 0 Å². The van der Waals surface area contributed by atoms with Crippen molar-refractivity contribution in [3.63, 3.8) is 0 Å². The minimum atomic E-state index is -0.234. The molecule has 0 fully saturated rings. The lowest BCUT2D eigenvalue weighted by Gasteiger charge is -2.16. The van der Waals surface area contributed by atoms with Gasteiger partial charge in [-0.05, 0) is 55.2 Å². The third kappa shape index (κ3) is 2.60.